The third kappa shape index (κ3) is 13.7. The molecule has 0 rings (SSSR count). The van der Waals surface area contributed by atoms with Gasteiger partial charge in [0, 0.05) is 6.54 Å². The summed E-state index contributed by atoms with van der Waals surface area (Å²) >= 11 is 0. The van der Waals surface area contributed by atoms with Gasteiger partial charge < -0.3 is 0 Å². The highest BCUT2D eigenvalue weighted by molar-refractivity contribution is 5.86. The van der Waals surface area contributed by atoms with Crippen LogP contribution in [-0.2, 0) is 0 Å². The van der Waals surface area contributed by atoms with Crippen LogP contribution in [0.15, 0.2) is 0 Å². The summed E-state index contributed by atoms with van der Waals surface area (Å²) in [7, 11) is 4.31. The average Bonchev–Trinajstić information content (AvgIpc) is 1.67. The van der Waals surface area contributed by atoms with E-state index in [2.05, 4.69) is 33.4 Å². The monoisotopic (exact) mass is 225 g/mol. The molecule has 0 heterocycles. The molecule has 5 heteroatoms. The summed E-state index contributed by atoms with van der Waals surface area (Å²) < 4.78 is 0.913. The maximum Gasteiger partial charge on any atom is 0.0929 e. The maximum atomic E-state index is 3.31. The van der Waals surface area contributed by atoms with Gasteiger partial charge in [0.1, 0.15) is 0 Å². The highest BCUT2D eigenvalue weighted by Gasteiger charge is 2.07. The largest absolute Gasteiger partial charge is 0.251 e. The third-order valence-corrected chi connectivity index (χ3v) is 1.38. The van der Waals surface area contributed by atoms with Gasteiger partial charge in [0.05, 0.1) is 20.6 Å². The molecule has 0 saturated heterocycles. The van der Waals surface area contributed by atoms with E-state index in [0.717, 1.165) is 17.7 Å². The first kappa shape index (κ1) is 22.6. The van der Waals surface area contributed by atoms with Crippen molar-refractivity contribution >= 4 is 37.2 Å². The molecular weight excluding hydrogens is 206 g/mol. The fourth-order valence-corrected chi connectivity index (χ4v) is 0.540. The molecule has 0 unspecified atom stereocenters. The molecule has 0 radical (unpaired) electrons. The number of hydrogen-bond donors (Lipinski definition) is 1. The van der Waals surface area contributed by atoms with Crippen LogP contribution in [0.1, 0.15) is 13.8 Å². The van der Waals surface area contributed by atoms with Crippen molar-refractivity contribution < 1.29 is 4.59 Å². The van der Waals surface area contributed by atoms with Crippen molar-refractivity contribution in [1.82, 2.24) is 5.43 Å². The first-order valence-electron chi connectivity index (χ1n) is 3.20. The summed E-state index contributed by atoms with van der Waals surface area (Å²) in [5, 5.41) is 0. The molecule has 0 aliphatic heterocycles. The zero-order chi connectivity index (χ0) is 6.62. The van der Waals surface area contributed by atoms with Crippen molar-refractivity contribution in [3.05, 3.63) is 0 Å². The lowest BCUT2D eigenvalue weighted by Crippen LogP contribution is -2.51. The Hall–Kier alpha value is 0.790. The van der Waals surface area contributed by atoms with Crippen molar-refractivity contribution in [1.29, 1.82) is 0 Å². The lowest BCUT2D eigenvalue weighted by Gasteiger charge is -2.26. The first-order valence-corrected chi connectivity index (χ1v) is 3.20. The molecular formula is C6H20Cl3N2+. The second-order valence-corrected chi connectivity index (χ2v) is 2.51. The Kier molecular flexibility index (Phi) is 22.2. The van der Waals surface area contributed by atoms with Gasteiger partial charge in [-0.2, -0.15) is 5.43 Å². The molecule has 74 valence electrons. The standard InChI is InChI=1S/C6H17N2.3ClH/c1-5-7-8(3,4)6-2;;;/h7H,5-6H2,1-4H3;3*1H/q+1;;;. The van der Waals surface area contributed by atoms with E-state index < -0.39 is 0 Å². The van der Waals surface area contributed by atoms with Gasteiger partial charge in [-0.3, -0.25) is 4.59 Å². The predicted octanol–water partition coefficient (Wildman–Crippen LogP) is 1.87. The van der Waals surface area contributed by atoms with Crippen molar-refractivity contribution in [2.45, 2.75) is 13.8 Å². The van der Waals surface area contributed by atoms with E-state index in [0.29, 0.717) is 0 Å². The van der Waals surface area contributed by atoms with Gasteiger partial charge >= 0.3 is 0 Å². The quantitative estimate of drug-likeness (QED) is 0.572. The molecule has 0 aromatic carbocycles. The fraction of sp³-hybridized carbons (Fsp3) is 1.00. The Labute approximate surface area is 88.5 Å². The second-order valence-electron chi connectivity index (χ2n) is 2.51. The van der Waals surface area contributed by atoms with Gasteiger partial charge in [-0.1, -0.05) is 0 Å². The zero-order valence-corrected chi connectivity index (χ0v) is 10.0. The van der Waals surface area contributed by atoms with Crippen LogP contribution in [0.25, 0.3) is 0 Å². The Balaban J connectivity index is -0.0000000817. The van der Waals surface area contributed by atoms with Crippen molar-refractivity contribution in [2.75, 3.05) is 27.2 Å². The van der Waals surface area contributed by atoms with E-state index in [1.165, 1.54) is 0 Å². The molecule has 0 spiro atoms. The van der Waals surface area contributed by atoms with E-state index in [1.54, 1.807) is 0 Å². The van der Waals surface area contributed by atoms with Gasteiger partial charge in [-0.05, 0) is 13.8 Å². The summed E-state index contributed by atoms with van der Waals surface area (Å²) in [6, 6.07) is 0. The number of rotatable bonds is 3. The van der Waals surface area contributed by atoms with Gasteiger partial charge in [0.15, 0.2) is 0 Å². The minimum Gasteiger partial charge on any atom is -0.251 e. The van der Waals surface area contributed by atoms with Gasteiger partial charge in [0.2, 0.25) is 0 Å². The lowest BCUT2D eigenvalue weighted by molar-refractivity contribution is -0.932. The number of halogens is 3. The van der Waals surface area contributed by atoms with Crippen LogP contribution in [0.3, 0.4) is 0 Å². The SMILES string of the molecule is CCN[N+](C)(C)CC.Cl.Cl.Cl. The smallest absolute Gasteiger partial charge is 0.0929 e. The average molecular weight is 227 g/mol. The van der Waals surface area contributed by atoms with E-state index in [-0.39, 0.29) is 37.2 Å². The van der Waals surface area contributed by atoms with Crippen LogP contribution >= 0.6 is 37.2 Å². The van der Waals surface area contributed by atoms with Crippen molar-refractivity contribution in [2.24, 2.45) is 0 Å². The van der Waals surface area contributed by atoms with E-state index in [9.17, 15) is 0 Å². The Morgan fingerprint density at radius 2 is 1.36 bits per heavy atom. The molecule has 0 aromatic heterocycles. The highest BCUT2D eigenvalue weighted by atomic mass is 35.5. The topological polar surface area (TPSA) is 12.0 Å². The summed E-state index contributed by atoms with van der Waals surface area (Å²) in [4.78, 5) is 0. The van der Waals surface area contributed by atoms with Gasteiger partial charge in [-0.15, -0.1) is 37.2 Å². The first-order chi connectivity index (χ1) is 3.62. The zero-order valence-electron chi connectivity index (χ0n) is 7.59. The van der Waals surface area contributed by atoms with Gasteiger partial charge in [0.25, 0.3) is 0 Å². The van der Waals surface area contributed by atoms with Crippen LogP contribution in [0.2, 0.25) is 0 Å². The Morgan fingerprint density at radius 1 is 1.00 bits per heavy atom. The van der Waals surface area contributed by atoms with Crippen LogP contribution in [-0.4, -0.2) is 31.8 Å². The van der Waals surface area contributed by atoms with Crippen LogP contribution in [0.4, 0.5) is 0 Å². The maximum absolute atomic E-state index is 3.31. The minimum atomic E-state index is 0. The number of nitrogens with one attached hydrogen (secondary N) is 1. The molecule has 11 heavy (non-hydrogen) atoms. The molecule has 1 N–H and O–H groups in total. The van der Waals surface area contributed by atoms with Crippen LogP contribution in [0.5, 0.6) is 0 Å². The molecule has 0 amide bonds. The predicted molar refractivity (Wildman–Crippen MR) is 58.1 cm³/mol. The summed E-state index contributed by atoms with van der Waals surface area (Å²) in [6.45, 7) is 6.47. The highest BCUT2D eigenvalue weighted by Crippen LogP contribution is 1.85. The minimum absolute atomic E-state index is 0. The van der Waals surface area contributed by atoms with E-state index >= 15 is 0 Å². The normalized spacial score (nSPS) is 8.73. The fourth-order valence-electron chi connectivity index (χ4n) is 0.540. The summed E-state index contributed by atoms with van der Waals surface area (Å²) in [6.07, 6.45) is 0. The molecule has 0 aliphatic carbocycles. The molecule has 0 bridgehead atoms. The molecule has 0 aromatic rings. The summed E-state index contributed by atoms with van der Waals surface area (Å²) in [5.74, 6) is 0. The number of quaternary nitrogens is 1. The Morgan fingerprint density at radius 3 is 1.45 bits per heavy atom. The molecule has 0 saturated carbocycles. The lowest BCUT2D eigenvalue weighted by atomic mass is 10.6. The molecule has 2 nitrogen and oxygen atoms in total. The molecule has 0 fully saturated rings. The van der Waals surface area contributed by atoms with Crippen molar-refractivity contribution in [3.8, 4) is 0 Å². The van der Waals surface area contributed by atoms with E-state index in [1.807, 2.05) is 0 Å². The summed E-state index contributed by atoms with van der Waals surface area (Å²) in [5.41, 5.74) is 3.31. The van der Waals surface area contributed by atoms with Gasteiger partial charge in [-0.25, -0.2) is 0 Å². The molecule has 0 atom stereocenters. The van der Waals surface area contributed by atoms with Crippen LogP contribution < -0.4 is 5.43 Å². The number of hydrogen-bond acceptors (Lipinski definition) is 1. The third-order valence-electron chi connectivity index (χ3n) is 1.38. The van der Waals surface area contributed by atoms with E-state index in [4.69, 9.17) is 0 Å². The number of nitrogens with zero attached hydrogens (tertiary/aromatic N) is 1. The molecule has 0 aliphatic rings. The Bertz CT molecular complexity index is 68.8. The van der Waals surface area contributed by atoms with Crippen molar-refractivity contribution in [3.63, 3.8) is 0 Å². The van der Waals surface area contributed by atoms with Crippen LogP contribution in [0, 0.1) is 0 Å². The second kappa shape index (κ2) is 10.8.